The zero-order valence-corrected chi connectivity index (χ0v) is 19.6. The van der Waals surface area contributed by atoms with Gasteiger partial charge in [-0.05, 0) is 61.1 Å². The van der Waals surface area contributed by atoms with Gasteiger partial charge in [-0.2, -0.15) is 0 Å². The van der Waals surface area contributed by atoms with Gasteiger partial charge in [0, 0.05) is 35.2 Å². The maximum atomic E-state index is 12.6. The summed E-state index contributed by atoms with van der Waals surface area (Å²) in [6, 6.07) is 13.0. The number of aliphatic hydroxyl groups is 1. The first kappa shape index (κ1) is 23.1. The summed E-state index contributed by atoms with van der Waals surface area (Å²) in [6.45, 7) is 0.219. The first-order valence-electron chi connectivity index (χ1n) is 11.9. The molecule has 2 fully saturated rings. The Hall–Kier alpha value is -2.61. The van der Waals surface area contributed by atoms with Gasteiger partial charge in [0.2, 0.25) is 11.8 Å². The molecule has 7 nitrogen and oxygen atoms in total. The van der Waals surface area contributed by atoms with E-state index in [-0.39, 0.29) is 43.0 Å². The molecule has 2 aliphatic heterocycles. The SMILES string of the molecule is O=C(C[C@H]1C[C@@H]2c3cc(NC(=O)CC4CC4)ccc3O[C@@H]2[C@H](CO)O1)NCc1ccc(Cl)cc1. The number of hydrogen-bond donors (Lipinski definition) is 3. The van der Waals surface area contributed by atoms with E-state index >= 15 is 0 Å². The van der Waals surface area contributed by atoms with Gasteiger partial charge in [0.1, 0.15) is 18.0 Å². The minimum absolute atomic E-state index is 0.0183. The van der Waals surface area contributed by atoms with Gasteiger partial charge in [-0.25, -0.2) is 0 Å². The van der Waals surface area contributed by atoms with Crippen LogP contribution in [0.15, 0.2) is 42.5 Å². The van der Waals surface area contributed by atoms with Crippen molar-refractivity contribution in [3.8, 4) is 5.75 Å². The number of fused-ring (bicyclic) bond motifs is 3. The lowest BCUT2D eigenvalue weighted by atomic mass is 9.84. The summed E-state index contributed by atoms with van der Waals surface area (Å²) in [5, 5.41) is 16.5. The number of hydrogen-bond acceptors (Lipinski definition) is 5. The molecule has 2 aromatic carbocycles. The molecule has 3 aliphatic rings. The Labute approximate surface area is 203 Å². The molecule has 1 saturated carbocycles. The molecule has 2 heterocycles. The molecule has 34 heavy (non-hydrogen) atoms. The number of ether oxygens (including phenoxy) is 2. The average molecular weight is 485 g/mol. The normalized spacial score (nSPS) is 25.1. The molecule has 0 spiro atoms. The fourth-order valence-electron chi connectivity index (χ4n) is 4.84. The molecule has 2 amide bonds. The summed E-state index contributed by atoms with van der Waals surface area (Å²) in [7, 11) is 0. The summed E-state index contributed by atoms with van der Waals surface area (Å²) >= 11 is 5.91. The van der Waals surface area contributed by atoms with Crippen LogP contribution in [0.3, 0.4) is 0 Å². The van der Waals surface area contributed by atoms with Crippen molar-refractivity contribution in [2.45, 2.75) is 62.9 Å². The molecule has 2 aromatic rings. The standard InChI is InChI=1S/C26H29ClN2O5/c27-17-5-3-16(4-6-17)13-28-24(31)12-19-11-21-20-10-18(29-25(32)9-15-1-2-15)7-8-22(20)34-26(21)23(14-30)33-19/h3-8,10,15,19,21,23,26,30H,1-2,9,11-14H2,(H,28,31)(H,29,32)/t19-,21-,23+,26+/m1/s1. The number of carbonyl (C=O) groups is 2. The highest BCUT2D eigenvalue weighted by Crippen LogP contribution is 2.47. The highest BCUT2D eigenvalue weighted by molar-refractivity contribution is 6.30. The van der Waals surface area contributed by atoms with Gasteiger partial charge in [0.15, 0.2) is 0 Å². The van der Waals surface area contributed by atoms with E-state index in [0.717, 1.165) is 35.4 Å². The van der Waals surface area contributed by atoms with Crippen molar-refractivity contribution in [3.63, 3.8) is 0 Å². The summed E-state index contributed by atoms with van der Waals surface area (Å²) in [4.78, 5) is 24.8. The van der Waals surface area contributed by atoms with Gasteiger partial charge in [-0.1, -0.05) is 23.7 Å². The zero-order chi connectivity index (χ0) is 23.7. The van der Waals surface area contributed by atoms with Gasteiger partial charge in [0.25, 0.3) is 0 Å². The van der Waals surface area contributed by atoms with Crippen LogP contribution in [0.1, 0.15) is 49.1 Å². The molecule has 0 radical (unpaired) electrons. The van der Waals surface area contributed by atoms with Crippen LogP contribution in [0.4, 0.5) is 5.69 Å². The molecular weight excluding hydrogens is 456 g/mol. The minimum atomic E-state index is -0.520. The summed E-state index contributed by atoms with van der Waals surface area (Å²) in [6.07, 6.45) is 2.44. The van der Waals surface area contributed by atoms with Crippen LogP contribution >= 0.6 is 11.6 Å². The van der Waals surface area contributed by atoms with Crippen LogP contribution in [-0.4, -0.2) is 41.8 Å². The van der Waals surface area contributed by atoms with E-state index in [4.69, 9.17) is 21.1 Å². The molecule has 4 atom stereocenters. The van der Waals surface area contributed by atoms with Crippen molar-refractivity contribution in [2.75, 3.05) is 11.9 Å². The van der Waals surface area contributed by atoms with Crippen LogP contribution in [0.2, 0.25) is 5.02 Å². The van der Waals surface area contributed by atoms with Crippen molar-refractivity contribution in [1.29, 1.82) is 0 Å². The van der Waals surface area contributed by atoms with Gasteiger partial charge in [0.05, 0.1) is 19.1 Å². The Morgan fingerprint density at radius 1 is 1.06 bits per heavy atom. The van der Waals surface area contributed by atoms with E-state index in [1.165, 1.54) is 0 Å². The molecule has 0 aromatic heterocycles. The lowest BCUT2D eigenvalue weighted by Crippen LogP contribution is -2.47. The first-order valence-corrected chi connectivity index (χ1v) is 12.2. The highest BCUT2D eigenvalue weighted by Gasteiger charge is 2.46. The van der Waals surface area contributed by atoms with Crippen molar-refractivity contribution in [3.05, 3.63) is 58.6 Å². The quantitative estimate of drug-likeness (QED) is 0.530. The molecule has 3 N–H and O–H groups in total. The number of nitrogens with one attached hydrogen (secondary N) is 2. The van der Waals surface area contributed by atoms with Crippen LogP contribution in [0.5, 0.6) is 5.75 Å². The van der Waals surface area contributed by atoms with Crippen molar-refractivity contribution in [1.82, 2.24) is 5.32 Å². The predicted molar refractivity (Wildman–Crippen MR) is 128 cm³/mol. The summed E-state index contributed by atoms with van der Waals surface area (Å²) in [5.41, 5.74) is 2.70. The van der Waals surface area contributed by atoms with Crippen molar-refractivity contribution in [2.24, 2.45) is 5.92 Å². The Morgan fingerprint density at radius 2 is 1.85 bits per heavy atom. The van der Waals surface area contributed by atoms with Gasteiger partial charge >= 0.3 is 0 Å². The maximum Gasteiger partial charge on any atom is 0.224 e. The number of rotatable bonds is 8. The van der Waals surface area contributed by atoms with Gasteiger partial charge in [-0.15, -0.1) is 0 Å². The second kappa shape index (κ2) is 9.94. The monoisotopic (exact) mass is 484 g/mol. The van der Waals surface area contributed by atoms with Crippen LogP contribution in [0, 0.1) is 5.92 Å². The van der Waals surface area contributed by atoms with E-state index in [0.29, 0.717) is 30.3 Å². The molecular formula is C26H29ClN2O5. The molecule has 0 unspecified atom stereocenters. The molecule has 8 heteroatoms. The zero-order valence-electron chi connectivity index (χ0n) is 18.8. The third-order valence-corrected chi connectivity index (χ3v) is 7.02. The highest BCUT2D eigenvalue weighted by atomic mass is 35.5. The maximum absolute atomic E-state index is 12.6. The van der Waals surface area contributed by atoms with Gasteiger partial charge < -0.3 is 25.2 Å². The predicted octanol–water partition coefficient (Wildman–Crippen LogP) is 3.78. The van der Waals surface area contributed by atoms with Gasteiger partial charge in [-0.3, -0.25) is 9.59 Å². The molecule has 180 valence electrons. The van der Waals surface area contributed by atoms with Crippen LogP contribution in [-0.2, 0) is 20.9 Å². The molecule has 1 aliphatic carbocycles. The fraction of sp³-hybridized carbons (Fsp3) is 0.462. The number of carbonyl (C=O) groups excluding carboxylic acids is 2. The number of anilines is 1. The number of amides is 2. The first-order chi connectivity index (χ1) is 16.5. The third kappa shape index (κ3) is 5.37. The third-order valence-electron chi connectivity index (χ3n) is 6.77. The second-order valence-electron chi connectivity index (χ2n) is 9.46. The fourth-order valence-corrected chi connectivity index (χ4v) is 4.97. The summed E-state index contributed by atoms with van der Waals surface area (Å²) < 4.78 is 12.1. The second-order valence-corrected chi connectivity index (χ2v) is 9.90. The minimum Gasteiger partial charge on any atom is -0.487 e. The number of halogens is 1. The molecule has 5 rings (SSSR count). The molecule has 0 bridgehead atoms. The Kier molecular flexibility index (Phi) is 6.77. The van der Waals surface area contributed by atoms with Crippen molar-refractivity contribution < 1.29 is 24.2 Å². The average Bonchev–Trinajstić information content (AvgIpc) is 3.56. The van der Waals surface area contributed by atoms with E-state index in [9.17, 15) is 14.7 Å². The summed E-state index contributed by atoms with van der Waals surface area (Å²) in [5.74, 6) is 1.17. The lowest BCUT2D eigenvalue weighted by Gasteiger charge is -2.37. The lowest BCUT2D eigenvalue weighted by molar-refractivity contribution is -0.142. The largest absolute Gasteiger partial charge is 0.487 e. The molecule has 1 saturated heterocycles. The Balaban J connectivity index is 1.22. The number of benzene rings is 2. The van der Waals surface area contributed by atoms with E-state index in [2.05, 4.69) is 10.6 Å². The van der Waals surface area contributed by atoms with E-state index < -0.39 is 6.10 Å². The Bertz CT molecular complexity index is 1060. The van der Waals surface area contributed by atoms with E-state index in [1.807, 2.05) is 30.3 Å². The van der Waals surface area contributed by atoms with E-state index in [1.54, 1.807) is 12.1 Å². The van der Waals surface area contributed by atoms with Crippen LogP contribution < -0.4 is 15.4 Å². The topological polar surface area (TPSA) is 96.9 Å². The van der Waals surface area contributed by atoms with Crippen LogP contribution in [0.25, 0.3) is 0 Å². The smallest absolute Gasteiger partial charge is 0.224 e. The van der Waals surface area contributed by atoms with Crippen molar-refractivity contribution >= 4 is 29.1 Å². The number of aliphatic hydroxyl groups excluding tert-OH is 1. The Morgan fingerprint density at radius 3 is 2.59 bits per heavy atom.